The van der Waals surface area contributed by atoms with Crippen molar-refractivity contribution in [2.75, 3.05) is 24.5 Å². The van der Waals surface area contributed by atoms with Gasteiger partial charge in [0.15, 0.2) is 0 Å². The summed E-state index contributed by atoms with van der Waals surface area (Å²) < 4.78 is 0. The summed E-state index contributed by atoms with van der Waals surface area (Å²) in [6.45, 7) is 2.00. The average molecular weight is 350 g/mol. The maximum absolute atomic E-state index is 13.0. The van der Waals surface area contributed by atoms with Crippen molar-refractivity contribution >= 4 is 17.5 Å². The van der Waals surface area contributed by atoms with Crippen molar-refractivity contribution in [3.05, 3.63) is 54.6 Å². The topological polar surface area (TPSA) is 66.4 Å². The Hall–Kier alpha value is -2.76. The molecular weight excluding hydrogens is 328 g/mol. The number of carbonyl (C=O) groups excluding carboxylic acids is 2. The van der Waals surface area contributed by atoms with Crippen LogP contribution < -0.4 is 4.90 Å². The number of carbonyl (C=O) groups is 2. The summed E-state index contributed by atoms with van der Waals surface area (Å²) in [6, 6.07) is 9.81. The van der Waals surface area contributed by atoms with E-state index in [1.807, 2.05) is 35.2 Å². The van der Waals surface area contributed by atoms with E-state index in [1.54, 1.807) is 17.3 Å². The van der Waals surface area contributed by atoms with E-state index < -0.39 is 0 Å². The first-order valence-electron chi connectivity index (χ1n) is 9.07. The highest BCUT2D eigenvalue weighted by Gasteiger charge is 2.49. The Kier molecular flexibility index (Phi) is 4.41. The molecule has 2 fully saturated rings. The highest BCUT2D eigenvalue weighted by atomic mass is 16.2. The molecular formula is C20H22N4O2. The minimum Gasteiger partial charge on any atom is -0.342 e. The van der Waals surface area contributed by atoms with Crippen molar-refractivity contribution in [3.63, 3.8) is 0 Å². The molecule has 6 heteroatoms. The molecule has 6 nitrogen and oxygen atoms in total. The Bertz CT molecular complexity index is 786. The summed E-state index contributed by atoms with van der Waals surface area (Å²) in [7, 11) is 0. The molecule has 0 radical (unpaired) electrons. The number of amides is 2. The molecule has 0 atom stereocenters. The van der Waals surface area contributed by atoms with Crippen molar-refractivity contribution in [3.8, 4) is 0 Å². The molecule has 1 aromatic heterocycles. The summed E-state index contributed by atoms with van der Waals surface area (Å²) in [5.41, 5.74) is 1.46. The molecule has 3 heterocycles. The van der Waals surface area contributed by atoms with Crippen LogP contribution in [0.25, 0.3) is 0 Å². The summed E-state index contributed by atoms with van der Waals surface area (Å²) in [6.07, 6.45) is 7.56. The maximum Gasteiger partial charge on any atom is 0.233 e. The average Bonchev–Trinajstić information content (AvgIpc) is 3.00. The summed E-state index contributed by atoms with van der Waals surface area (Å²) in [5.74, 6) is 0.298. The van der Waals surface area contributed by atoms with Gasteiger partial charge in [-0.3, -0.25) is 9.59 Å². The van der Waals surface area contributed by atoms with Gasteiger partial charge in [-0.15, -0.1) is 0 Å². The van der Waals surface area contributed by atoms with E-state index in [2.05, 4.69) is 9.97 Å². The van der Waals surface area contributed by atoms with Crippen LogP contribution in [0.5, 0.6) is 0 Å². The highest BCUT2D eigenvalue weighted by molar-refractivity contribution is 5.99. The number of likely N-dealkylation sites (tertiary alicyclic amines) is 1. The van der Waals surface area contributed by atoms with Crippen molar-refractivity contribution in [1.29, 1.82) is 0 Å². The van der Waals surface area contributed by atoms with E-state index in [9.17, 15) is 9.59 Å². The lowest BCUT2D eigenvalue weighted by Crippen LogP contribution is -2.47. The fourth-order valence-corrected chi connectivity index (χ4v) is 4.03. The maximum atomic E-state index is 13.0. The molecule has 2 aliphatic heterocycles. The molecule has 2 amide bonds. The van der Waals surface area contributed by atoms with Gasteiger partial charge in [-0.2, -0.15) is 0 Å². The molecule has 2 aliphatic rings. The van der Waals surface area contributed by atoms with Gasteiger partial charge < -0.3 is 9.80 Å². The van der Waals surface area contributed by atoms with Crippen LogP contribution in [0.1, 0.15) is 24.8 Å². The zero-order valence-electron chi connectivity index (χ0n) is 14.7. The van der Waals surface area contributed by atoms with Crippen LogP contribution in [0.15, 0.2) is 49.1 Å². The smallest absolute Gasteiger partial charge is 0.233 e. The van der Waals surface area contributed by atoms with Crippen LogP contribution in [0.3, 0.4) is 0 Å². The van der Waals surface area contributed by atoms with Crippen LogP contribution in [-0.4, -0.2) is 46.3 Å². The Balaban J connectivity index is 1.39. The van der Waals surface area contributed by atoms with Crippen LogP contribution in [0.2, 0.25) is 0 Å². The molecule has 0 saturated carbocycles. The van der Waals surface area contributed by atoms with Gasteiger partial charge in [-0.25, -0.2) is 9.97 Å². The number of piperidine rings is 1. The molecule has 2 aromatic rings. The SMILES string of the molecule is O=C(Cc1ccccc1)N1CCC2(CC1)CCN(c1cncnc1)C2=O. The van der Waals surface area contributed by atoms with Crippen LogP contribution >= 0.6 is 0 Å². The van der Waals surface area contributed by atoms with Gasteiger partial charge in [0, 0.05) is 19.6 Å². The van der Waals surface area contributed by atoms with Gasteiger partial charge in [0.25, 0.3) is 0 Å². The van der Waals surface area contributed by atoms with E-state index in [1.165, 1.54) is 6.33 Å². The lowest BCUT2D eigenvalue weighted by atomic mass is 9.77. The standard InChI is InChI=1S/C20H22N4O2/c25-18(12-16-4-2-1-3-5-16)23-9-6-20(7-10-23)8-11-24(19(20)26)17-13-21-15-22-14-17/h1-5,13-15H,6-12H2. The van der Waals surface area contributed by atoms with Gasteiger partial charge in [0.1, 0.15) is 6.33 Å². The third-order valence-electron chi connectivity index (χ3n) is 5.64. The Morgan fingerprint density at radius 1 is 1.00 bits per heavy atom. The predicted octanol–water partition coefficient (Wildman–Crippen LogP) is 2.06. The van der Waals surface area contributed by atoms with Crippen molar-refractivity contribution < 1.29 is 9.59 Å². The van der Waals surface area contributed by atoms with Gasteiger partial charge in [-0.05, 0) is 24.8 Å². The molecule has 0 aliphatic carbocycles. The summed E-state index contributed by atoms with van der Waals surface area (Å²) in [5, 5.41) is 0. The van der Waals surface area contributed by atoms with Crippen molar-refractivity contribution in [2.24, 2.45) is 5.41 Å². The molecule has 134 valence electrons. The van der Waals surface area contributed by atoms with E-state index >= 15 is 0 Å². The second-order valence-electron chi connectivity index (χ2n) is 7.13. The Morgan fingerprint density at radius 3 is 2.35 bits per heavy atom. The monoisotopic (exact) mass is 350 g/mol. The minimum atomic E-state index is -0.334. The van der Waals surface area contributed by atoms with Crippen molar-refractivity contribution in [1.82, 2.24) is 14.9 Å². The quantitative estimate of drug-likeness (QED) is 0.850. The normalized spacial score (nSPS) is 19.2. The minimum absolute atomic E-state index is 0.143. The Labute approximate surface area is 152 Å². The fourth-order valence-electron chi connectivity index (χ4n) is 4.03. The van der Waals surface area contributed by atoms with Crippen LogP contribution in [-0.2, 0) is 16.0 Å². The lowest BCUT2D eigenvalue weighted by molar-refractivity contribution is -0.137. The van der Waals surface area contributed by atoms with Gasteiger partial charge in [0.2, 0.25) is 11.8 Å². The molecule has 1 spiro atoms. The van der Waals surface area contributed by atoms with E-state index in [0.717, 1.165) is 30.5 Å². The van der Waals surface area contributed by atoms with E-state index in [-0.39, 0.29) is 17.2 Å². The number of anilines is 1. The molecule has 2 saturated heterocycles. The molecule has 0 N–H and O–H groups in total. The number of benzene rings is 1. The molecule has 4 rings (SSSR count). The number of hydrogen-bond acceptors (Lipinski definition) is 4. The molecule has 0 bridgehead atoms. The summed E-state index contributed by atoms with van der Waals surface area (Å²) >= 11 is 0. The van der Waals surface area contributed by atoms with Gasteiger partial charge >= 0.3 is 0 Å². The number of hydrogen-bond donors (Lipinski definition) is 0. The molecule has 26 heavy (non-hydrogen) atoms. The third kappa shape index (κ3) is 3.07. The zero-order chi connectivity index (χ0) is 18.0. The third-order valence-corrected chi connectivity index (χ3v) is 5.64. The first-order valence-corrected chi connectivity index (χ1v) is 9.07. The van der Waals surface area contributed by atoms with Crippen LogP contribution in [0.4, 0.5) is 5.69 Å². The van der Waals surface area contributed by atoms with Gasteiger partial charge in [-0.1, -0.05) is 30.3 Å². The van der Waals surface area contributed by atoms with Gasteiger partial charge in [0.05, 0.1) is 29.9 Å². The highest BCUT2D eigenvalue weighted by Crippen LogP contribution is 2.42. The second-order valence-corrected chi connectivity index (χ2v) is 7.13. The first-order chi connectivity index (χ1) is 12.7. The number of nitrogens with zero attached hydrogens (tertiary/aromatic N) is 4. The zero-order valence-corrected chi connectivity index (χ0v) is 14.7. The Morgan fingerprint density at radius 2 is 1.65 bits per heavy atom. The molecule has 0 unspecified atom stereocenters. The number of rotatable bonds is 3. The lowest BCUT2D eigenvalue weighted by Gasteiger charge is -2.38. The first kappa shape index (κ1) is 16.7. The number of aromatic nitrogens is 2. The fraction of sp³-hybridized carbons (Fsp3) is 0.400. The predicted molar refractivity (Wildman–Crippen MR) is 97.4 cm³/mol. The second kappa shape index (κ2) is 6.86. The van der Waals surface area contributed by atoms with E-state index in [0.29, 0.717) is 26.1 Å². The van der Waals surface area contributed by atoms with Crippen molar-refractivity contribution in [2.45, 2.75) is 25.7 Å². The summed E-state index contributed by atoms with van der Waals surface area (Å²) in [4.78, 5) is 37.3. The largest absolute Gasteiger partial charge is 0.342 e. The van der Waals surface area contributed by atoms with Crippen LogP contribution in [0, 0.1) is 5.41 Å². The molecule has 1 aromatic carbocycles. The van der Waals surface area contributed by atoms with E-state index in [4.69, 9.17) is 0 Å².